The minimum Gasteiger partial charge on any atom is -0.344 e. The molecular formula is C18H19FN2O2. The molecule has 23 heavy (non-hydrogen) atoms. The van der Waals surface area contributed by atoms with Crippen molar-refractivity contribution >= 4 is 17.5 Å². The first-order chi connectivity index (χ1) is 11.0. The summed E-state index contributed by atoms with van der Waals surface area (Å²) in [5.41, 5.74) is 2.44. The molecule has 0 spiro atoms. The van der Waals surface area contributed by atoms with E-state index in [-0.39, 0.29) is 12.4 Å². The maximum Gasteiger partial charge on any atom is 0.313 e. The molecule has 0 atom stereocenters. The lowest BCUT2D eigenvalue weighted by molar-refractivity contribution is -0.136. The number of nitrogens with one attached hydrogen (secondary N) is 2. The molecule has 2 aromatic rings. The number of hydrogen-bond acceptors (Lipinski definition) is 2. The maximum atomic E-state index is 12.8. The number of anilines is 1. The summed E-state index contributed by atoms with van der Waals surface area (Å²) in [6.07, 6.45) is 0. The topological polar surface area (TPSA) is 58.2 Å². The number of rotatable bonds is 4. The van der Waals surface area contributed by atoms with Crippen LogP contribution in [0.1, 0.15) is 30.9 Å². The van der Waals surface area contributed by atoms with Crippen LogP contribution >= 0.6 is 0 Å². The van der Waals surface area contributed by atoms with E-state index < -0.39 is 11.8 Å². The van der Waals surface area contributed by atoms with Gasteiger partial charge in [-0.15, -0.1) is 0 Å². The lowest BCUT2D eigenvalue weighted by Crippen LogP contribution is -2.34. The van der Waals surface area contributed by atoms with E-state index in [2.05, 4.69) is 24.5 Å². The lowest BCUT2D eigenvalue weighted by atomic mass is 10.0. The smallest absolute Gasteiger partial charge is 0.313 e. The minimum absolute atomic E-state index is 0.165. The van der Waals surface area contributed by atoms with Gasteiger partial charge in [-0.3, -0.25) is 9.59 Å². The molecule has 0 fully saturated rings. The van der Waals surface area contributed by atoms with E-state index in [1.54, 1.807) is 24.3 Å². The van der Waals surface area contributed by atoms with Crippen molar-refractivity contribution in [2.24, 2.45) is 0 Å². The van der Waals surface area contributed by atoms with Gasteiger partial charge in [-0.25, -0.2) is 4.39 Å². The van der Waals surface area contributed by atoms with Crippen LogP contribution in [0.4, 0.5) is 10.1 Å². The van der Waals surface area contributed by atoms with Gasteiger partial charge in [0.1, 0.15) is 5.82 Å². The van der Waals surface area contributed by atoms with Crippen LogP contribution in [0.5, 0.6) is 0 Å². The van der Waals surface area contributed by atoms with Crippen molar-refractivity contribution in [1.82, 2.24) is 5.32 Å². The molecule has 2 aromatic carbocycles. The van der Waals surface area contributed by atoms with Crippen LogP contribution in [0.2, 0.25) is 0 Å². The van der Waals surface area contributed by atoms with E-state index in [4.69, 9.17) is 0 Å². The summed E-state index contributed by atoms with van der Waals surface area (Å²) in [6, 6.07) is 13.1. The molecule has 2 rings (SSSR count). The molecule has 0 aliphatic carbocycles. The van der Waals surface area contributed by atoms with Gasteiger partial charge in [0.25, 0.3) is 0 Å². The zero-order valence-corrected chi connectivity index (χ0v) is 13.1. The summed E-state index contributed by atoms with van der Waals surface area (Å²) in [5.74, 6) is -1.41. The van der Waals surface area contributed by atoms with Crippen LogP contribution in [-0.4, -0.2) is 11.8 Å². The first kappa shape index (κ1) is 16.7. The van der Waals surface area contributed by atoms with E-state index in [1.807, 2.05) is 12.1 Å². The summed E-state index contributed by atoms with van der Waals surface area (Å²) >= 11 is 0. The van der Waals surface area contributed by atoms with Crippen LogP contribution in [0, 0.1) is 5.82 Å². The Labute approximate surface area is 134 Å². The average Bonchev–Trinajstić information content (AvgIpc) is 2.54. The molecule has 120 valence electrons. The van der Waals surface area contributed by atoms with Crippen LogP contribution in [0.15, 0.2) is 48.5 Å². The van der Waals surface area contributed by atoms with Gasteiger partial charge in [0.15, 0.2) is 0 Å². The van der Waals surface area contributed by atoms with E-state index >= 15 is 0 Å². The third-order valence-corrected chi connectivity index (χ3v) is 3.41. The van der Waals surface area contributed by atoms with Gasteiger partial charge in [-0.1, -0.05) is 38.1 Å². The SMILES string of the molecule is CC(C)c1ccc(NC(=O)C(=O)NCc2ccc(F)cc2)cc1. The number of carbonyl (C=O) groups excluding carboxylic acids is 2. The van der Waals surface area contributed by atoms with Crippen LogP contribution < -0.4 is 10.6 Å². The van der Waals surface area contributed by atoms with Gasteiger partial charge in [0, 0.05) is 12.2 Å². The summed E-state index contributed by atoms with van der Waals surface area (Å²) in [6.45, 7) is 4.33. The third-order valence-electron chi connectivity index (χ3n) is 3.41. The second-order valence-corrected chi connectivity index (χ2v) is 5.54. The molecule has 0 radical (unpaired) electrons. The number of halogens is 1. The molecule has 0 aliphatic heterocycles. The minimum atomic E-state index is -0.734. The fourth-order valence-electron chi connectivity index (χ4n) is 2.00. The summed E-state index contributed by atoms with van der Waals surface area (Å²) in [5, 5.41) is 5.04. The fraction of sp³-hybridized carbons (Fsp3) is 0.222. The summed E-state index contributed by atoms with van der Waals surface area (Å²) in [7, 11) is 0. The van der Waals surface area contributed by atoms with Gasteiger partial charge in [0.05, 0.1) is 0 Å². The number of carbonyl (C=O) groups is 2. The Morgan fingerprint density at radius 1 is 0.957 bits per heavy atom. The third kappa shape index (κ3) is 4.92. The molecule has 2 N–H and O–H groups in total. The lowest BCUT2D eigenvalue weighted by Gasteiger charge is -2.09. The Morgan fingerprint density at radius 3 is 2.13 bits per heavy atom. The fourth-order valence-corrected chi connectivity index (χ4v) is 2.00. The quantitative estimate of drug-likeness (QED) is 0.851. The van der Waals surface area contributed by atoms with Crippen molar-refractivity contribution in [1.29, 1.82) is 0 Å². The van der Waals surface area contributed by atoms with E-state index in [0.29, 0.717) is 17.2 Å². The number of hydrogen-bond donors (Lipinski definition) is 2. The molecule has 2 amide bonds. The highest BCUT2D eigenvalue weighted by molar-refractivity contribution is 6.39. The largest absolute Gasteiger partial charge is 0.344 e. The maximum absolute atomic E-state index is 12.8. The molecular weight excluding hydrogens is 295 g/mol. The zero-order valence-electron chi connectivity index (χ0n) is 13.1. The summed E-state index contributed by atoms with van der Waals surface area (Å²) < 4.78 is 12.8. The van der Waals surface area contributed by atoms with Crippen molar-refractivity contribution in [2.45, 2.75) is 26.3 Å². The van der Waals surface area contributed by atoms with Gasteiger partial charge in [-0.05, 0) is 41.3 Å². The predicted octanol–water partition coefficient (Wildman–Crippen LogP) is 3.20. The average molecular weight is 314 g/mol. The molecule has 0 bridgehead atoms. The number of amides is 2. The highest BCUT2D eigenvalue weighted by Crippen LogP contribution is 2.17. The normalized spacial score (nSPS) is 10.4. The van der Waals surface area contributed by atoms with Gasteiger partial charge >= 0.3 is 11.8 Å². The standard InChI is InChI=1S/C18H19FN2O2/c1-12(2)14-5-9-16(10-6-14)21-18(23)17(22)20-11-13-3-7-15(19)8-4-13/h3-10,12H,11H2,1-2H3,(H,20,22)(H,21,23). The molecule has 0 saturated heterocycles. The Balaban J connectivity index is 1.87. The highest BCUT2D eigenvalue weighted by atomic mass is 19.1. The number of benzene rings is 2. The van der Waals surface area contributed by atoms with E-state index in [0.717, 1.165) is 5.56 Å². The van der Waals surface area contributed by atoms with Crippen LogP contribution in [0.25, 0.3) is 0 Å². The molecule has 0 aromatic heterocycles. The van der Waals surface area contributed by atoms with Crippen molar-refractivity contribution in [3.8, 4) is 0 Å². The van der Waals surface area contributed by atoms with Crippen LogP contribution in [0.3, 0.4) is 0 Å². The Kier molecular flexibility index (Phi) is 5.46. The van der Waals surface area contributed by atoms with E-state index in [1.165, 1.54) is 12.1 Å². The molecule has 4 nitrogen and oxygen atoms in total. The first-order valence-corrected chi connectivity index (χ1v) is 7.39. The first-order valence-electron chi connectivity index (χ1n) is 7.39. The zero-order chi connectivity index (χ0) is 16.8. The van der Waals surface area contributed by atoms with Gasteiger partial charge < -0.3 is 10.6 Å². The Morgan fingerprint density at radius 2 is 1.57 bits per heavy atom. The van der Waals surface area contributed by atoms with Crippen molar-refractivity contribution in [3.63, 3.8) is 0 Å². The Hall–Kier alpha value is -2.69. The monoisotopic (exact) mass is 314 g/mol. The van der Waals surface area contributed by atoms with Crippen molar-refractivity contribution in [3.05, 3.63) is 65.5 Å². The van der Waals surface area contributed by atoms with Crippen LogP contribution in [-0.2, 0) is 16.1 Å². The summed E-state index contributed by atoms with van der Waals surface area (Å²) in [4.78, 5) is 23.6. The second kappa shape index (κ2) is 7.54. The van der Waals surface area contributed by atoms with Crippen molar-refractivity contribution < 1.29 is 14.0 Å². The predicted molar refractivity (Wildman–Crippen MR) is 87.4 cm³/mol. The van der Waals surface area contributed by atoms with Crippen molar-refractivity contribution in [2.75, 3.05) is 5.32 Å². The molecule has 0 aliphatic rings. The highest BCUT2D eigenvalue weighted by Gasteiger charge is 2.13. The second-order valence-electron chi connectivity index (χ2n) is 5.54. The molecule has 0 saturated carbocycles. The van der Waals surface area contributed by atoms with Gasteiger partial charge in [0.2, 0.25) is 0 Å². The molecule has 5 heteroatoms. The van der Waals surface area contributed by atoms with E-state index in [9.17, 15) is 14.0 Å². The molecule has 0 unspecified atom stereocenters. The Bertz CT molecular complexity index is 679. The van der Waals surface area contributed by atoms with Gasteiger partial charge in [-0.2, -0.15) is 0 Å². The molecule has 0 heterocycles.